The molecule has 0 atom stereocenters. The second-order valence-corrected chi connectivity index (χ2v) is 6.64. The van der Waals surface area contributed by atoms with E-state index in [1.54, 1.807) is 12.1 Å². The van der Waals surface area contributed by atoms with Gasteiger partial charge in [0.1, 0.15) is 0 Å². The summed E-state index contributed by atoms with van der Waals surface area (Å²) < 4.78 is 22.7. The number of anilines is 1. The van der Waals surface area contributed by atoms with Gasteiger partial charge in [0.2, 0.25) is 0 Å². The molecule has 0 bridgehead atoms. The van der Waals surface area contributed by atoms with Gasteiger partial charge in [0.25, 0.3) is 0 Å². The van der Waals surface area contributed by atoms with Crippen LogP contribution in [0.2, 0.25) is 0 Å². The van der Waals surface area contributed by atoms with Crippen LogP contribution in [0.5, 0.6) is 0 Å². The fourth-order valence-electron chi connectivity index (χ4n) is 1.66. The summed E-state index contributed by atoms with van der Waals surface area (Å²) in [4.78, 5) is 2.48. The van der Waals surface area contributed by atoms with Crippen molar-refractivity contribution in [3.05, 3.63) is 24.3 Å². The minimum atomic E-state index is -3.12. The van der Waals surface area contributed by atoms with E-state index in [-0.39, 0.29) is 0 Å². The Bertz CT molecular complexity index is 454. The van der Waals surface area contributed by atoms with Gasteiger partial charge in [-0.2, -0.15) is 0 Å². The zero-order valence-corrected chi connectivity index (χ0v) is 11.9. The zero-order valence-electron chi connectivity index (χ0n) is 10.4. The van der Waals surface area contributed by atoms with Crippen molar-refractivity contribution in [2.45, 2.75) is 24.8 Å². The summed E-state index contributed by atoms with van der Waals surface area (Å²) in [7, 11) is -3.12. The zero-order chi connectivity index (χ0) is 13.1. The van der Waals surface area contributed by atoms with E-state index < -0.39 is 9.84 Å². The van der Waals surface area contributed by atoms with Gasteiger partial charge in [-0.25, -0.2) is 8.42 Å². The van der Waals surface area contributed by atoms with Crippen LogP contribution in [0, 0.1) is 0 Å². The molecule has 0 aliphatic rings. The SMILES string of the molecule is CC(C)N(CCCl)c1ccc(S(C)(=O)=O)cc1. The lowest BCUT2D eigenvalue weighted by Gasteiger charge is -2.28. The van der Waals surface area contributed by atoms with E-state index in [1.165, 1.54) is 6.26 Å². The number of sulfone groups is 1. The third kappa shape index (κ3) is 3.89. The highest BCUT2D eigenvalue weighted by Crippen LogP contribution is 2.20. The van der Waals surface area contributed by atoms with Crippen LogP contribution >= 0.6 is 11.6 Å². The number of alkyl halides is 1. The third-order valence-corrected chi connectivity index (χ3v) is 3.84. The molecule has 0 aromatic heterocycles. The molecule has 0 aliphatic heterocycles. The topological polar surface area (TPSA) is 37.4 Å². The number of hydrogen-bond acceptors (Lipinski definition) is 3. The summed E-state index contributed by atoms with van der Waals surface area (Å²) in [5.41, 5.74) is 0.994. The van der Waals surface area contributed by atoms with E-state index >= 15 is 0 Å². The van der Waals surface area contributed by atoms with Crippen molar-refractivity contribution in [3.63, 3.8) is 0 Å². The van der Waals surface area contributed by atoms with Crippen LogP contribution in [0.3, 0.4) is 0 Å². The monoisotopic (exact) mass is 275 g/mol. The predicted molar refractivity (Wildman–Crippen MR) is 72.8 cm³/mol. The number of nitrogens with zero attached hydrogens (tertiary/aromatic N) is 1. The highest BCUT2D eigenvalue weighted by atomic mass is 35.5. The average Bonchev–Trinajstić information content (AvgIpc) is 2.24. The summed E-state index contributed by atoms with van der Waals surface area (Å²) in [6.45, 7) is 4.91. The first kappa shape index (κ1) is 14.3. The number of halogens is 1. The number of rotatable bonds is 5. The Hall–Kier alpha value is -0.740. The van der Waals surface area contributed by atoms with Crippen molar-refractivity contribution in [1.82, 2.24) is 0 Å². The van der Waals surface area contributed by atoms with Crippen molar-refractivity contribution in [2.24, 2.45) is 0 Å². The van der Waals surface area contributed by atoms with Crippen molar-refractivity contribution in [1.29, 1.82) is 0 Å². The first-order valence-corrected chi connectivity index (χ1v) is 7.91. The van der Waals surface area contributed by atoms with E-state index in [0.717, 1.165) is 12.2 Å². The molecule has 0 unspecified atom stereocenters. The highest BCUT2D eigenvalue weighted by molar-refractivity contribution is 7.90. The van der Waals surface area contributed by atoms with E-state index in [0.29, 0.717) is 16.8 Å². The smallest absolute Gasteiger partial charge is 0.175 e. The molecule has 0 aliphatic carbocycles. The van der Waals surface area contributed by atoms with E-state index in [9.17, 15) is 8.42 Å². The molecule has 0 spiro atoms. The van der Waals surface area contributed by atoms with Gasteiger partial charge in [0, 0.05) is 30.4 Å². The Balaban J connectivity index is 3.00. The predicted octanol–water partition coefficient (Wildman–Crippen LogP) is 2.54. The van der Waals surface area contributed by atoms with E-state index in [4.69, 9.17) is 11.6 Å². The van der Waals surface area contributed by atoms with Crippen molar-refractivity contribution in [2.75, 3.05) is 23.6 Å². The molecule has 3 nitrogen and oxygen atoms in total. The first-order valence-electron chi connectivity index (χ1n) is 5.49. The van der Waals surface area contributed by atoms with Crippen LogP contribution in [0.1, 0.15) is 13.8 Å². The van der Waals surface area contributed by atoms with Crippen molar-refractivity contribution >= 4 is 27.1 Å². The fraction of sp³-hybridized carbons (Fsp3) is 0.500. The Morgan fingerprint density at radius 2 is 1.76 bits per heavy atom. The van der Waals surface area contributed by atoms with Crippen molar-refractivity contribution in [3.8, 4) is 0 Å². The molecule has 17 heavy (non-hydrogen) atoms. The molecule has 0 radical (unpaired) electrons. The molecule has 0 amide bonds. The summed E-state index contributed by atoms with van der Waals surface area (Å²) in [6, 6.07) is 7.24. The molecule has 1 aromatic rings. The Labute approximate surface area is 108 Å². The van der Waals surface area contributed by atoms with Gasteiger partial charge in [0.05, 0.1) is 4.90 Å². The molecule has 0 saturated carbocycles. The molecule has 1 aromatic carbocycles. The van der Waals surface area contributed by atoms with Crippen LogP contribution in [-0.2, 0) is 9.84 Å². The van der Waals surface area contributed by atoms with Gasteiger partial charge in [-0.15, -0.1) is 11.6 Å². The van der Waals surface area contributed by atoms with Crippen LogP contribution in [0.25, 0.3) is 0 Å². The van der Waals surface area contributed by atoms with Gasteiger partial charge in [-0.05, 0) is 38.1 Å². The maximum Gasteiger partial charge on any atom is 0.175 e. The average molecular weight is 276 g/mol. The molecule has 5 heteroatoms. The Morgan fingerprint density at radius 3 is 2.12 bits per heavy atom. The van der Waals surface area contributed by atoms with Gasteiger partial charge in [-0.1, -0.05) is 0 Å². The summed E-state index contributed by atoms with van der Waals surface area (Å²) in [6.07, 6.45) is 1.21. The van der Waals surface area contributed by atoms with Crippen LogP contribution in [0.4, 0.5) is 5.69 Å². The second-order valence-electron chi connectivity index (χ2n) is 4.24. The number of hydrogen-bond donors (Lipinski definition) is 0. The standard InChI is InChI=1S/C12H18ClNO2S/c1-10(2)14(9-8-13)11-4-6-12(7-5-11)17(3,15)16/h4-7,10H,8-9H2,1-3H3. The molecule has 0 heterocycles. The molecular weight excluding hydrogens is 258 g/mol. The van der Waals surface area contributed by atoms with Crippen molar-refractivity contribution < 1.29 is 8.42 Å². The maximum atomic E-state index is 11.3. The largest absolute Gasteiger partial charge is 0.368 e. The lowest BCUT2D eigenvalue weighted by atomic mass is 10.2. The summed E-state index contributed by atoms with van der Waals surface area (Å²) in [5, 5.41) is 0. The fourth-order valence-corrected chi connectivity index (χ4v) is 2.47. The minimum Gasteiger partial charge on any atom is -0.368 e. The quantitative estimate of drug-likeness (QED) is 0.775. The molecule has 0 saturated heterocycles. The molecular formula is C12H18ClNO2S. The third-order valence-electron chi connectivity index (χ3n) is 2.55. The summed E-state index contributed by atoms with van der Waals surface area (Å²) >= 11 is 5.76. The second kappa shape index (κ2) is 5.74. The minimum absolute atomic E-state index is 0.331. The lowest BCUT2D eigenvalue weighted by Crippen LogP contribution is -2.32. The molecule has 96 valence electrons. The molecule has 1 rings (SSSR count). The van der Waals surface area contributed by atoms with Crippen LogP contribution in [-0.4, -0.2) is 33.1 Å². The van der Waals surface area contributed by atoms with Gasteiger partial charge in [0.15, 0.2) is 9.84 Å². The molecule has 0 N–H and O–H groups in total. The normalized spacial score (nSPS) is 11.8. The van der Waals surface area contributed by atoms with Crippen LogP contribution in [0.15, 0.2) is 29.2 Å². The summed E-state index contributed by atoms with van der Waals surface area (Å²) in [5.74, 6) is 0.548. The molecule has 0 fully saturated rings. The van der Waals surface area contributed by atoms with E-state index in [1.807, 2.05) is 12.1 Å². The van der Waals surface area contributed by atoms with Gasteiger partial charge >= 0.3 is 0 Å². The van der Waals surface area contributed by atoms with Gasteiger partial charge in [-0.3, -0.25) is 0 Å². The Morgan fingerprint density at radius 1 is 1.24 bits per heavy atom. The highest BCUT2D eigenvalue weighted by Gasteiger charge is 2.11. The van der Waals surface area contributed by atoms with Gasteiger partial charge < -0.3 is 4.90 Å². The lowest BCUT2D eigenvalue weighted by molar-refractivity contribution is 0.602. The Kier molecular flexibility index (Phi) is 4.83. The number of benzene rings is 1. The first-order chi connectivity index (χ1) is 7.86. The maximum absolute atomic E-state index is 11.3. The van der Waals surface area contributed by atoms with E-state index in [2.05, 4.69) is 18.7 Å². The van der Waals surface area contributed by atoms with Crippen LogP contribution < -0.4 is 4.90 Å².